The van der Waals surface area contributed by atoms with Gasteiger partial charge in [-0.1, -0.05) is 36.0 Å². The first-order chi connectivity index (χ1) is 15.7. The second kappa shape index (κ2) is 9.04. The first-order valence-corrected chi connectivity index (χ1v) is 11.8. The van der Waals surface area contributed by atoms with Gasteiger partial charge in [-0.25, -0.2) is 9.50 Å². The van der Waals surface area contributed by atoms with Crippen molar-refractivity contribution in [2.24, 2.45) is 0 Å². The lowest BCUT2D eigenvalue weighted by Gasteiger charge is -2.14. The smallest absolute Gasteiger partial charge is 0.230 e. The number of carbonyl (C=O) groups is 1. The van der Waals surface area contributed by atoms with Gasteiger partial charge < -0.3 is 10.1 Å². The number of thioether (sulfide) groups is 1. The lowest BCUT2D eigenvalue weighted by atomic mass is 10.1. The summed E-state index contributed by atoms with van der Waals surface area (Å²) in [4.78, 5) is 17.1. The number of benzene rings is 2. The van der Waals surface area contributed by atoms with Crippen LogP contribution in [0.2, 0.25) is 0 Å². The van der Waals surface area contributed by atoms with E-state index in [-0.39, 0.29) is 11.9 Å². The molecule has 2 aromatic heterocycles. The number of fused-ring (bicyclic) bond motifs is 2. The van der Waals surface area contributed by atoms with Gasteiger partial charge in [0.05, 0.1) is 29.6 Å². The van der Waals surface area contributed by atoms with Gasteiger partial charge in [-0.3, -0.25) is 4.79 Å². The number of aromatic nitrogens is 3. The lowest BCUT2D eigenvalue weighted by Crippen LogP contribution is -2.28. The van der Waals surface area contributed by atoms with Crippen molar-refractivity contribution in [2.75, 3.05) is 12.4 Å². The SMILES string of the molecule is CCOc1ccc(-c2cc3c(SCC(=O)N[C@@H]4CCc5ccccc54)nccn3n2)cc1. The van der Waals surface area contributed by atoms with Crippen LogP contribution in [0.4, 0.5) is 0 Å². The first kappa shape index (κ1) is 20.6. The van der Waals surface area contributed by atoms with E-state index >= 15 is 0 Å². The summed E-state index contributed by atoms with van der Waals surface area (Å²) >= 11 is 1.44. The number of amides is 1. The molecule has 0 aliphatic heterocycles. The second-order valence-electron chi connectivity index (χ2n) is 7.70. The minimum absolute atomic E-state index is 0.0201. The van der Waals surface area contributed by atoms with Crippen molar-refractivity contribution < 1.29 is 9.53 Å². The number of carbonyl (C=O) groups excluding carboxylic acids is 1. The molecule has 0 bridgehead atoms. The lowest BCUT2D eigenvalue weighted by molar-refractivity contribution is -0.119. The van der Waals surface area contributed by atoms with Gasteiger partial charge in [0.1, 0.15) is 10.8 Å². The Labute approximate surface area is 191 Å². The van der Waals surface area contributed by atoms with Crippen LogP contribution in [0, 0.1) is 0 Å². The monoisotopic (exact) mass is 444 g/mol. The minimum Gasteiger partial charge on any atom is -0.494 e. The predicted molar refractivity (Wildman–Crippen MR) is 126 cm³/mol. The van der Waals surface area contributed by atoms with E-state index < -0.39 is 0 Å². The molecule has 5 rings (SSSR count). The molecule has 2 aromatic carbocycles. The number of rotatable bonds is 7. The van der Waals surface area contributed by atoms with Crippen LogP contribution < -0.4 is 10.1 Å². The fraction of sp³-hybridized carbons (Fsp3) is 0.240. The Bertz CT molecular complexity index is 1250. The van der Waals surface area contributed by atoms with E-state index in [1.165, 1.54) is 22.9 Å². The normalized spacial score (nSPS) is 15.0. The highest BCUT2D eigenvalue weighted by Gasteiger charge is 2.23. The van der Waals surface area contributed by atoms with E-state index in [4.69, 9.17) is 4.74 Å². The van der Waals surface area contributed by atoms with Gasteiger partial charge in [0, 0.05) is 18.0 Å². The Hall–Kier alpha value is -3.32. The summed E-state index contributed by atoms with van der Waals surface area (Å²) in [6.07, 6.45) is 5.51. The van der Waals surface area contributed by atoms with E-state index in [9.17, 15) is 4.79 Å². The molecule has 32 heavy (non-hydrogen) atoms. The Morgan fingerprint density at radius 1 is 1.22 bits per heavy atom. The van der Waals surface area contributed by atoms with Crippen LogP contribution in [0.15, 0.2) is 72.0 Å². The van der Waals surface area contributed by atoms with Crippen molar-refractivity contribution in [3.8, 4) is 17.0 Å². The van der Waals surface area contributed by atoms with Crippen LogP contribution in [-0.4, -0.2) is 32.9 Å². The van der Waals surface area contributed by atoms with E-state index in [0.717, 1.165) is 40.4 Å². The molecule has 1 aliphatic rings. The fourth-order valence-electron chi connectivity index (χ4n) is 4.12. The summed E-state index contributed by atoms with van der Waals surface area (Å²) in [5.41, 5.74) is 5.32. The average molecular weight is 445 g/mol. The second-order valence-corrected chi connectivity index (χ2v) is 8.66. The molecule has 0 spiro atoms. The average Bonchev–Trinajstić information content (AvgIpc) is 3.43. The van der Waals surface area contributed by atoms with Gasteiger partial charge >= 0.3 is 0 Å². The zero-order chi connectivity index (χ0) is 21.9. The minimum atomic E-state index is 0.0201. The quantitative estimate of drug-likeness (QED) is 0.419. The van der Waals surface area contributed by atoms with Crippen molar-refractivity contribution in [3.63, 3.8) is 0 Å². The fourth-order valence-corrected chi connectivity index (χ4v) is 4.90. The molecule has 1 atom stereocenters. The Balaban J connectivity index is 1.28. The van der Waals surface area contributed by atoms with E-state index in [1.54, 1.807) is 6.20 Å². The van der Waals surface area contributed by atoms with Gasteiger partial charge in [0.15, 0.2) is 0 Å². The third-order valence-electron chi connectivity index (χ3n) is 5.62. The molecule has 1 N–H and O–H groups in total. The number of nitrogens with zero attached hydrogens (tertiary/aromatic N) is 3. The molecular weight excluding hydrogens is 420 g/mol. The molecule has 0 saturated carbocycles. The number of nitrogens with one attached hydrogen (secondary N) is 1. The molecule has 0 radical (unpaired) electrons. The highest BCUT2D eigenvalue weighted by atomic mass is 32.2. The van der Waals surface area contributed by atoms with Crippen molar-refractivity contribution in [3.05, 3.63) is 78.1 Å². The first-order valence-electron chi connectivity index (χ1n) is 10.8. The summed E-state index contributed by atoms with van der Waals surface area (Å²) < 4.78 is 7.33. The summed E-state index contributed by atoms with van der Waals surface area (Å²) in [6, 6.07) is 18.3. The number of hydrogen-bond acceptors (Lipinski definition) is 5. The number of hydrogen-bond donors (Lipinski definition) is 1. The number of aryl methyl sites for hydroxylation is 1. The maximum atomic E-state index is 12.6. The molecule has 0 unspecified atom stereocenters. The molecule has 0 fully saturated rings. The molecule has 7 heteroatoms. The van der Waals surface area contributed by atoms with E-state index in [0.29, 0.717) is 12.4 Å². The van der Waals surface area contributed by atoms with Gasteiger partial charge in [0.25, 0.3) is 0 Å². The zero-order valence-electron chi connectivity index (χ0n) is 17.8. The summed E-state index contributed by atoms with van der Waals surface area (Å²) in [5, 5.41) is 8.65. The molecule has 1 aliphatic carbocycles. The largest absolute Gasteiger partial charge is 0.494 e. The predicted octanol–water partition coefficient (Wildman–Crippen LogP) is 4.69. The van der Waals surface area contributed by atoms with Gasteiger partial charge in [-0.15, -0.1) is 0 Å². The topological polar surface area (TPSA) is 68.5 Å². The molecule has 162 valence electrons. The van der Waals surface area contributed by atoms with Crippen LogP contribution in [0.1, 0.15) is 30.5 Å². The third kappa shape index (κ3) is 4.21. The van der Waals surface area contributed by atoms with Crippen LogP contribution in [-0.2, 0) is 11.2 Å². The van der Waals surface area contributed by atoms with Crippen molar-refractivity contribution in [1.29, 1.82) is 0 Å². The van der Waals surface area contributed by atoms with Crippen LogP contribution in [0.25, 0.3) is 16.8 Å². The molecule has 0 saturated heterocycles. The highest BCUT2D eigenvalue weighted by molar-refractivity contribution is 8.00. The summed E-state index contributed by atoms with van der Waals surface area (Å²) in [6.45, 7) is 2.61. The summed E-state index contributed by atoms with van der Waals surface area (Å²) in [7, 11) is 0. The summed E-state index contributed by atoms with van der Waals surface area (Å²) in [5.74, 6) is 1.18. The van der Waals surface area contributed by atoms with E-state index in [2.05, 4.69) is 33.6 Å². The van der Waals surface area contributed by atoms with Gasteiger partial charge in [0.2, 0.25) is 5.91 Å². The Morgan fingerprint density at radius 3 is 2.91 bits per heavy atom. The Kier molecular flexibility index (Phi) is 5.81. The van der Waals surface area contributed by atoms with Crippen LogP contribution >= 0.6 is 11.8 Å². The van der Waals surface area contributed by atoms with Crippen molar-refractivity contribution >= 4 is 23.2 Å². The third-order valence-corrected chi connectivity index (χ3v) is 6.62. The maximum absolute atomic E-state index is 12.6. The maximum Gasteiger partial charge on any atom is 0.230 e. The molecule has 4 aromatic rings. The van der Waals surface area contributed by atoms with Gasteiger partial charge in [-0.2, -0.15) is 5.10 Å². The van der Waals surface area contributed by atoms with E-state index in [1.807, 2.05) is 54.0 Å². The molecule has 6 nitrogen and oxygen atoms in total. The molecular formula is C25H24N4O2S. The molecule has 1 amide bonds. The van der Waals surface area contributed by atoms with Crippen LogP contribution in [0.3, 0.4) is 0 Å². The van der Waals surface area contributed by atoms with Crippen molar-refractivity contribution in [2.45, 2.75) is 30.8 Å². The van der Waals surface area contributed by atoms with Crippen molar-refractivity contribution in [1.82, 2.24) is 19.9 Å². The van der Waals surface area contributed by atoms with Crippen LogP contribution in [0.5, 0.6) is 5.75 Å². The Morgan fingerprint density at radius 2 is 2.06 bits per heavy atom. The zero-order valence-corrected chi connectivity index (χ0v) is 18.6. The van der Waals surface area contributed by atoms with Gasteiger partial charge in [-0.05, 0) is 61.2 Å². The molecule has 2 heterocycles. The highest BCUT2D eigenvalue weighted by Crippen LogP contribution is 2.31. The standard InChI is InChI=1S/C25H24N4O2S/c1-2-31-19-10-7-18(8-11-19)22-15-23-25(26-13-14-29(23)28-22)32-16-24(30)27-21-12-9-17-5-3-4-6-20(17)21/h3-8,10-11,13-15,21H,2,9,12,16H2,1H3,(H,27,30)/t21-/m1/s1. The number of ether oxygens (including phenoxy) is 1.